The van der Waals surface area contributed by atoms with Crippen molar-refractivity contribution in [2.24, 2.45) is 11.1 Å². The number of hydrogen-bond acceptors (Lipinski definition) is 3. The fraction of sp³-hybridized carbons (Fsp3) is 0.588. The van der Waals surface area contributed by atoms with Crippen molar-refractivity contribution in [1.82, 2.24) is 5.32 Å². The molecule has 1 heterocycles. The van der Waals surface area contributed by atoms with Crippen molar-refractivity contribution in [2.75, 3.05) is 13.1 Å². The van der Waals surface area contributed by atoms with Crippen molar-refractivity contribution >= 4 is 18.3 Å². The van der Waals surface area contributed by atoms with E-state index in [1.54, 1.807) is 0 Å². The van der Waals surface area contributed by atoms with E-state index in [-0.39, 0.29) is 35.9 Å². The molecule has 1 aliphatic rings. The standard InChI is InChI=1S/C17H26N2O2.ClH/c1-17(2,10-13-6-4-3-5-7-13)12-19-16(20)15-9-8-14(11-18)21-15;/h3-7,14-15H,8-12,18H2,1-2H3,(H,19,20);1H/t14-,15+;/m1./s1. The molecule has 0 radical (unpaired) electrons. The van der Waals surface area contributed by atoms with Crippen molar-refractivity contribution in [1.29, 1.82) is 0 Å². The summed E-state index contributed by atoms with van der Waals surface area (Å²) in [5, 5.41) is 3.03. The summed E-state index contributed by atoms with van der Waals surface area (Å²) in [7, 11) is 0. The highest BCUT2D eigenvalue weighted by Crippen LogP contribution is 2.22. The number of carbonyl (C=O) groups is 1. The lowest BCUT2D eigenvalue weighted by molar-refractivity contribution is -0.132. The van der Waals surface area contributed by atoms with Gasteiger partial charge in [-0.05, 0) is 30.2 Å². The van der Waals surface area contributed by atoms with Crippen LogP contribution in [0.3, 0.4) is 0 Å². The van der Waals surface area contributed by atoms with Gasteiger partial charge in [-0.3, -0.25) is 4.79 Å². The summed E-state index contributed by atoms with van der Waals surface area (Å²) in [6, 6.07) is 10.3. The number of nitrogens with two attached hydrogens (primary N) is 1. The number of hydrogen-bond donors (Lipinski definition) is 2. The zero-order chi connectivity index (χ0) is 15.3. The third-order valence-corrected chi connectivity index (χ3v) is 3.93. The smallest absolute Gasteiger partial charge is 0.249 e. The minimum atomic E-state index is -0.328. The van der Waals surface area contributed by atoms with Crippen molar-refractivity contribution in [3.05, 3.63) is 35.9 Å². The van der Waals surface area contributed by atoms with Gasteiger partial charge in [0.15, 0.2) is 0 Å². The van der Waals surface area contributed by atoms with Gasteiger partial charge in [0.2, 0.25) is 5.91 Å². The average molecular weight is 327 g/mol. The number of benzene rings is 1. The molecule has 22 heavy (non-hydrogen) atoms. The summed E-state index contributed by atoms with van der Waals surface area (Å²) in [5.41, 5.74) is 6.87. The van der Waals surface area contributed by atoms with Gasteiger partial charge in [-0.1, -0.05) is 44.2 Å². The summed E-state index contributed by atoms with van der Waals surface area (Å²) in [5.74, 6) is -0.00733. The quantitative estimate of drug-likeness (QED) is 0.843. The Kier molecular flexibility index (Phi) is 7.33. The van der Waals surface area contributed by atoms with Gasteiger partial charge in [0.25, 0.3) is 0 Å². The zero-order valence-electron chi connectivity index (χ0n) is 13.4. The van der Waals surface area contributed by atoms with Gasteiger partial charge in [-0.2, -0.15) is 0 Å². The molecule has 1 fully saturated rings. The Labute approximate surface area is 139 Å². The topological polar surface area (TPSA) is 64.4 Å². The molecule has 0 spiro atoms. The lowest BCUT2D eigenvalue weighted by atomic mass is 9.85. The number of carbonyl (C=O) groups excluding carboxylic acids is 1. The van der Waals surface area contributed by atoms with Gasteiger partial charge in [-0.15, -0.1) is 12.4 Å². The van der Waals surface area contributed by atoms with Crippen molar-refractivity contribution in [3.8, 4) is 0 Å². The molecule has 124 valence electrons. The van der Waals surface area contributed by atoms with Crippen molar-refractivity contribution in [2.45, 2.75) is 45.3 Å². The second kappa shape index (κ2) is 8.51. The molecule has 1 aliphatic heterocycles. The highest BCUT2D eigenvalue weighted by molar-refractivity contribution is 5.85. The lowest BCUT2D eigenvalue weighted by Crippen LogP contribution is -2.41. The number of nitrogens with one attached hydrogen (secondary N) is 1. The first-order chi connectivity index (χ1) is 10.00. The molecule has 2 atom stereocenters. The molecule has 0 bridgehead atoms. The molecule has 1 amide bonds. The Hall–Kier alpha value is -1.10. The molecule has 0 unspecified atom stereocenters. The minimum absolute atomic E-state index is 0. The summed E-state index contributed by atoms with van der Waals surface area (Å²) in [4.78, 5) is 12.1. The third-order valence-electron chi connectivity index (χ3n) is 3.93. The van der Waals surface area contributed by atoms with Gasteiger partial charge in [-0.25, -0.2) is 0 Å². The molecule has 1 aromatic rings. The lowest BCUT2D eigenvalue weighted by Gasteiger charge is -2.26. The van der Waals surface area contributed by atoms with Gasteiger partial charge in [0.05, 0.1) is 6.10 Å². The predicted molar refractivity (Wildman–Crippen MR) is 91.1 cm³/mol. The molecule has 3 N–H and O–H groups in total. The van der Waals surface area contributed by atoms with E-state index in [0.717, 1.165) is 19.3 Å². The van der Waals surface area contributed by atoms with Crippen LogP contribution in [0.5, 0.6) is 0 Å². The fourth-order valence-electron chi connectivity index (χ4n) is 2.72. The van der Waals surface area contributed by atoms with Crippen LogP contribution in [0.25, 0.3) is 0 Å². The summed E-state index contributed by atoms with van der Waals surface area (Å²) >= 11 is 0. The minimum Gasteiger partial charge on any atom is -0.364 e. The second-order valence-electron chi connectivity index (χ2n) is 6.60. The van der Waals surface area contributed by atoms with Crippen LogP contribution in [0.15, 0.2) is 30.3 Å². The Morgan fingerprint density at radius 2 is 2.00 bits per heavy atom. The Morgan fingerprint density at radius 1 is 1.32 bits per heavy atom. The van der Waals surface area contributed by atoms with Gasteiger partial charge >= 0.3 is 0 Å². The molecule has 2 rings (SSSR count). The van der Waals surface area contributed by atoms with Crippen LogP contribution >= 0.6 is 12.4 Å². The molecule has 0 saturated carbocycles. The molecular weight excluding hydrogens is 300 g/mol. The van der Waals surface area contributed by atoms with E-state index < -0.39 is 0 Å². The molecule has 1 saturated heterocycles. The number of amides is 1. The Balaban J connectivity index is 0.00000242. The van der Waals surface area contributed by atoms with Crippen LogP contribution in [0.4, 0.5) is 0 Å². The highest BCUT2D eigenvalue weighted by atomic mass is 35.5. The Morgan fingerprint density at radius 3 is 2.59 bits per heavy atom. The van der Waals surface area contributed by atoms with Crippen LogP contribution in [0.1, 0.15) is 32.3 Å². The first kappa shape index (κ1) is 18.9. The molecule has 0 aromatic heterocycles. The molecule has 0 aliphatic carbocycles. The zero-order valence-corrected chi connectivity index (χ0v) is 14.2. The first-order valence-corrected chi connectivity index (χ1v) is 7.67. The van der Waals surface area contributed by atoms with Crippen molar-refractivity contribution < 1.29 is 9.53 Å². The van der Waals surface area contributed by atoms with Crippen LogP contribution in [0, 0.1) is 5.41 Å². The van der Waals surface area contributed by atoms with E-state index in [4.69, 9.17) is 10.5 Å². The average Bonchev–Trinajstić information content (AvgIpc) is 2.94. The van der Waals surface area contributed by atoms with Crippen LogP contribution < -0.4 is 11.1 Å². The molecule has 5 heteroatoms. The van der Waals surface area contributed by atoms with E-state index in [2.05, 4.69) is 31.3 Å². The predicted octanol–water partition coefficient (Wildman–Crippen LogP) is 2.30. The summed E-state index contributed by atoms with van der Waals surface area (Å²) in [6.45, 7) is 5.47. The van der Waals surface area contributed by atoms with E-state index in [0.29, 0.717) is 13.1 Å². The summed E-state index contributed by atoms with van der Waals surface area (Å²) < 4.78 is 5.62. The molecule has 1 aromatic carbocycles. The third kappa shape index (κ3) is 5.59. The molecular formula is C17H27ClN2O2. The van der Waals surface area contributed by atoms with Crippen LogP contribution in [-0.2, 0) is 16.0 Å². The van der Waals surface area contributed by atoms with E-state index >= 15 is 0 Å². The van der Waals surface area contributed by atoms with Gasteiger partial charge < -0.3 is 15.8 Å². The van der Waals surface area contributed by atoms with E-state index in [1.807, 2.05) is 18.2 Å². The highest BCUT2D eigenvalue weighted by Gasteiger charge is 2.30. The van der Waals surface area contributed by atoms with Gasteiger partial charge in [0, 0.05) is 13.1 Å². The second-order valence-corrected chi connectivity index (χ2v) is 6.60. The number of rotatable bonds is 6. The van der Waals surface area contributed by atoms with Crippen molar-refractivity contribution in [3.63, 3.8) is 0 Å². The summed E-state index contributed by atoms with van der Waals surface area (Å²) in [6.07, 6.45) is 2.30. The SMILES string of the molecule is CC(C)(CNC(=O)[C@@H]1CC[C@H](CN)O1)Cc1ccccc1.Cl. The van der Waals surface area contributed by atoms with E-state index in [9.17, 15) is 4.79 Å². The molecule has 4 nitrogen and oxygen atoms in total. The monoisotopic (exact) mass is 326 g/mol. The Bertz CT molecular complexity index is 465. The van der Waals surface area contributed by atoms with Crippen LogP contribution in [0.2, 0.25) is 0 Å². The number of halogens is 1. The van der Waals surface area contributed by atoms with Crippen LogP contribution in [-0.4, -0.2) is 31.2 Å². The van der Waals surface area contributed by atoms with E-state index in [1.165, 1.54) is 5.56 Å². The van der Waals surface area contributed by atoms with Gasteiger partial charge in [0.1, 0.15) is 6.10 Å². The maximum absolute atomic E-state index is 12.1. The maximum atomic E-state index is 12.1. The number of ether oxygens (including phenoxy) is 1. The normalized spacial score (nSPS) is 21.2. The first-order valence-electron chi connectivity index (χ1n) is 7.67. The largest absolute Gasteiger partial charge is 0.364 e. The fourth-order valence-corrected chi connectivity index (χ4v) is 2.72. The maximum Gasteiger partial charge on any atom is 0.249 e.